The number of primary amides is 1. The first-order chi connectivity index (χ1) is 7.58. The third-order valence-corrected chi connectivity index (χ3v) is 2.95. The van der Waals surface area contributed by atoms with Crippen molar-refractivity contribution in [1.29, 1.82) is 0 Å². The summed E-state index contributed by atoms with van der Waals surface area (Å²) in [4.78, 5) is 13.2. The summed E-state index contributed by atoms with van der Waals surface area (Å²) in [5, 5.41) is 9.32. The molecular weight excluding hydrogens is 208 g/mol. The van der Waals surface area contributed by atoms with Crippen LogP contribution in [0.1, 0.15) is 26.7 Å². The van der Waals surface area contributed by atoms with Crippen LogP contribution in [-0.4, -0.2) is 53.9 Å². The van der Waals surface area contributed by atoms with Gasteiger partial charge in [0.15, 0.2) is 0 Å². The van der Waals surface area contributed by atoms with Crippen LogP contribution in [0.15, 0.2) is 0 Å². The molecule has 1 aliphatic heterocycles. The van der Waals surface area contributed by atoms with Crippen LogP contribution in [0.5, 0.6) is 0 Å². The van der Waals surface area contributed by atoms with E-state index in [2.05, 4.69) is 11.8 Å². The third kappa shape index (κ3) is 3.43. The van der Waals surface area contributed by atoms with Crippen molar-refractivity contribution >= 4 is 5.91 Å². The van der Waals surface area contributed by atoms with E-state index in [4.69, 9.17) is 10.5 Å². The highest BCUT2D eigenvalue weighted by Gasteiger charge is 2.31. The van der Waals surface area contributed by atoms with Gasteiger partial charge in [0.05, 0.1) is 12.7 Å². The summed E-state index contributed by atoms with van der Waals surface area (Å²) < 4.78 is 5.45. The molecule has 1 rings (SSSR count). The van der Waals surface area contributed by atoms with Gasteiger partial charge in [-0.1, -0.05) is 13.3 Å². The van der Waals surface area contributed by atoms with Crippen LogP contribution >= 0.6 is 0 Å². The topological polar surface area (TPSA) is 75.8 Å². The summed E-state index contributed by atoms with van der Waals surface area (Å²) in [6, 6.07) is 0.109. The maximum Gasteiger partial charge on any atom is 0.247 e. The Kier molecular flexibility index (Phi) is 5.18. The molecule has 0 aromatic carbocycles. The van der Waals surface area contributed by atoms with Crippen molar-refractivity contribution in [3.63, 3.8) is 0 Å². The fraction of sp³-hybridized carbons (Fsp3) is 0.909. The molecule has 0 saturated carbocycles. The number of nitrogens with zero attached hydrogens (tertiary/aromatic N) is 1. The van der Waals surface area contributed by atoms with E-state index < -0.39 is 12.0 Å². The highest BCUT2D eigenvalue weighted by Crippen LogP contribution is 2.16. The van der Waals surface area contributed by atoms with E-state index in [9.17, 15) is 9.90 Å². The number of amides is 1. The standard InChI is InChI=1S/C11H22N2O3/c1-3-4-9(7-14)13-5-8(2)16-10(6-13)11(12)15/h8-10,14H,3-7H2,1-2H3,(H2,12,15)/t8?,9-,10?/m1/s1. The lowest BCUT2D eigenvalue weighted by atomic mass is 10.1. The van der Waals surface area contributed by atoms with Gasteiger partial charge in [0.25, 0.3) is 0 Å². The predicted molar refractivity (Wildman–Crippen MR) is 60.9 cm³/mol. The molecule has 1 amide bonds. The zero-order chi connectivity index (χ0) is 12.1. The Bertz CT molecular complexity index is 235. The van der Waals surface area contributed by atoms with Crippen molar-refractivity contribution < 1.29 is 14.6 Å². The molecule has 1 fully saturated rings. The molecule has 0 aromatic heterocycles. The monoisotopic (exact) mass is 230 g/mol. The maximum absolute atomic E-state index is 11.1. The van der Waals surface area contributed by atoms with Gasteiger partial charge in [-0.3, -0.25) is 9.69 Å². The molecule has 5 nitrogen and oxygen atoms in total. The normalized spacial score (nSPS) is 28.9. The zero-order valence-electron chi connectivity index (χ0n) is 10.1. The third-order valence-electron chi connectivity index (χ3n) is 2.95. The largest absolute Gasteiger partial charge is 0.395 e. The van der Waals surface area contributed by atoms with Crippen LogP contribution in [0, 0.1) is 0 Å². The lowest BCUT2D eigenvalue weighted by Gasteiger charge is -2.39. The second-order valence-electron chi connectivity index (χ2n) is 4.42. The Morgan fingerprint density at radius 1 is 1.62 bits per heavy atom. The Labute approximate surface area is 96.6 Å². The lowest BCUT2D eigenvalue weighted by molar-refractivity contribution is -0.145. The smallest absolute Gasteiger partial charge is 0.247 e. The van der Waals surface area contributed by atoms with Crippen molar-refractivity contribution in [2.45, 2.75) is 44.9 Å². The van der Waals surface area contributed by atoms with Gasteiger partial charge < -0.3 is 15.6 Å². The first-order valence-electron chi connectivity index (χ1n) is 5.88. The summed E-state index contributed by atoms with van der Waals surface area (Å²) in [5.74, 6) is -0.426. The molecule has 16 heavy (non-hydrogen) atoms. The molecule has 0 aliphatic carbocycles. The van der Waals surface area contributed by atoms with E-state index in [-0.39, 0.29) is 18.8 Å². The van der Waals surface area contributed by atoms with Gasteiger partial charge in [-0.2, -0.15) is 0 Å². The lowest BCUT2D eigenvalue weighted by Crippen LogP contribution is -2.55. The van der Waals surface area contributed by atoms with E-state index in [1.807, 2.05) is 6.92 Å². The number of nitrogens with two attached hydrogens (primary N) is 1. The number of aliphatic hydroxyl groups is 1. The summed E-state index contributed by atoms with van der Waals surface area (Å²) in [6.45, 7) is 5.35. The Hall–Kier alpha value is -0.650. The van der Waals surface area contributed by atoms with Gasteiger partial charge in [0.1, 0.15) is 6.10 Å². The van der Waals surface area contributed by atoms with Gasteiger partial charge in [-0.15, -0.1) is 0 Å². The Morgan fingerprint density at radius 2 is 2.31 bits per heavy atom. The second-order valence-corrected chi connectivity index (χ2v) is 4.42. The molecule has 2 unspecified atom stereocenters. The summed E-state index contributed by atoms with van der Waals surface area (Å²) in [6.07, 6.45) is 1.37. The summed E-state index contributed by atoms with van der Waals surface area (Å²) >= 11 is 0. The molecule has 94 valence electrons. The molecule has 5 heteroatoms. The summed E-state index contributed by atoms with van der Waals surface area (Å²) in [7, 11) is 0. The van der Waals surface area contributed by atoms with Crippen molar-refractivity contribution in [3.05, 3.63) is 0 Å². The van der Waals surface area contributed by atoms with E-state index in [0.29, 0.717) is 6.54 Å². The van der Waals surface area contributed by atoms with E-state index in [0.717, 1.165) is 19.4 Å². The second kappa shape index (κ2) is 6.18. The number of morpholine rings is 1. The minimum atomic E-state index is -0.547. The van der Waals surface area contributed by atoms with Crippen molar-refractivity contribution in [1.82, 2.24) is 4.90 Å². The van der Waals surface area contributed by atoms with Crippen molar-refractivity contribution in [2.75, 3.05) is 19.7 Å². The van der Waals surface area contributed by atoms with Crippen LogP contribution in [0.3, 0.4) is 0 Å². The number of carbonyl (C=O) groups excluding carboxylic acids is 1. The van der Waals surface area contributed by atoms with Crippen LogP contribution in [-0.2, 0) is 9.53 Å². The average molecular weight is 230 g/mol. The molecule has 0 bridgehead atoms. The van der Waals surface area contributed by atoms with Gasteiger partial charge in [0.2, 0.25) is 5.91 Å². The van der Waals surface area contributed by atoms with Gasteiger partial charge in [-0.05, 0) is 13.3 Å². The highest BCUT2D eigenvalue weighted by atomic mass is 16.5. The quantitative estimate of drug-likeness (QED) is 0.681. The maximum atomic E-state index is 11.1. The van der Waals surface area contributed by atoms with Gasteiger partial charge in [0, 0.05) is 19.1 Å². The molecule has 1 aliphatic rings. The minimum Gasteiger partial charge on any atom is -0.395 e. The molecule has 0 radical (unpaired) electrons. The number of carbonyl (C=O) groups is 1. The molecule has 0 aromatic rings. The van der Waals surface area contributed by atoms with E-state index >= 15 is 0 Å². The molecule has 1 heterocycles. The van der Waals surface area contributed by atoms with E-state index in [1.54, 1.807) is 0 Å². The SMILES string of the molecule is CCC[C@H](CO)N1CC(C)OC(C(N)=O)C1. The predicted octanol–water partition coefficient (Wildman–Crippen LogP) is -0.278. The Morgan fingerprint density at radius 3 is 2.81 bits per heavy atom. The van der Waals surface area contributed by atoms with Gasteiger partial charge in [-0.25, -0.2) is 0 Å². The summed E-state index contributed by atoms with van der Waals surface area (Å²) in [5.41, 5.74) is 5.25. The van der Waals surface area contributed by atoms with Crippen molar-refractivity contribution in [3.8, 4) is 0 Å². The van der Waals surface area contributed by atoms with E-state index in [1.165, 1.54) is 0 Å². The highest BCUT2D eigenvalue weighted by molar-refractivity contribution is 5.79. The first-order valence-corrected chi connectivity index (χ1v) is 5.88. The van der Waals surface area contributed by atoms with Crippen LogP contribution < -0.4 is 5.73 Å². The van der Waals surface area contributed by atoms with Gasteiger partial charge >= 0.3 is 0 Å². The number of rotatable bonds is 5. The van der Waals surface area contributed by atoms with Crippen LogP contribution in [0.2, 0.25) is 0 Å². The molecule has 3 atom stereocenters. The molecule has 0 spiro atoms. The molecule has 1 saturated heterocycles. The number of ether oxygens (including phenoxy) is 1. The zero-order valence-corrected chi connectivity index (χ0v) is 10.1. The number of hydrogen-bond donors (Lipinski definition) is 2. The minimum absolute atomic E-state index is 0.0165. The first kappa shape index (κ1) is 13.4. The van der Waals surface area contributed by atoms with Crippen LogP contribution in [0.25, 0.3) is 0 Å². The molecular formula is C11H22N2O3. The number of aliphatic hydroxyl groups excluding tert-OH is 1. The van der Waals surface area contributed by atoms with Crippen molar-refractivity contribution in [2.24, 2.45) is 5.73 Å². The van der Waals surface area contributed by atoms with Crippen LogP contribution in [0.4, 0.5) is 0 Å². The molecule has 3 N–H and O–H groups in total. The number of hydrogen-bond acceptors (Lipinski definition) is 4. The average Bonchev–Trinajstić information content (AvgIpc) is 2.24. The fourth-order valence-corrected chi connectivity index (χ4v) is 2.16. The fourth-order valence-electron chi connectivity index (χ4n) is 2.16. The Balaban J connectivity index is 2.61.